The molecule has 0 saturated carbocycles. The van der Waals surface area contributed by atoms with E-state index < -0.39 is 0 Å². The van der Waals surface area contributed by atoms with Gasteiger partial charge in [0.15, 0.2) is 0 Å². The van der Waals surface area contributed by atoms with E-state index in [1.807, 2.05) is 13.0 Å². The second-order valence-corrected chi connectivity index (χ2v) is 5.25. The van der Waals surface area contributed by atoms with Crippen LogP contribution in [0.3, 0.4) is 0 Å². The smallest absolute Gasteiger partial charge is 0.147 e. The SMILES string of the molecule is CC(O)C1CCN(c2nccc(CN)c2Cl)CC1. The number of aliphatic hydroxyl groups is 1. The van der Waals surface area contributed by atoms with Crippen LogP contribution in [0.25, 0.3) is 0 Å². The number of anilines is 1. The summed E-state index contributed by atoms with van der Waals surface area (Å²) in [6.07, 6.45) is 3.47. The van der Waals surface area contributed by atoms with Crippen molar-refractivity contribution in [2.75, 3.05) is 18.0 Å². The summed E-state index contributed by atoms with van der Waals surface area (Å²) in [6.45, 7) is 4.06. The molecule has 1 atom stereocenters. The molecule has 4 nitrogen and oxygen atoms in total. The maximum atomic E-state index is 9.59. The van der Waals surface area contributed by atoms with Crippen molar-refractivity contribution in [3.63, 3.8) is 0 Å². The van der Waals surface area contributed by atoms with E-state index in [2.05, 4.69) is 9.88 Å². The molecule has 1 aliphatic heterocycles. The molecule has 3 N–H and O–H groups in total. The summed E-state index contributed by atoms with van der Waals surface area (Å²) in [5, 5.41) is 10.3. The van der Waals surface area contributed by atoms with Gasteiger partial charge in [0.2, 0.25) is 0 Å². The monoisotopic (exact) mass is 269 g/mol. The van der Waals surface area contributed by atoms with Gasteiger partial charge in [-0.2, -0.15) is 0 Å². The molecule has 0 aliphatic carbocycles. The Morgan fingerprint density at radius 2 is 2.22 bits per heavy atom. The van der Waals surface area contributed by atoms with Gasteiger partial charge >= 0.3 is 0 Å². The van der Waals surface area contributed by atoms with Crippen LogP contribution in [0.5, 0.6) is 0 Å². The van der Waals surface area contributed by atoms with E-state index in [9.17, 15) is 5.11 Å². The molecule has 0 amide bonds. The number of piperidine rings is 1. The van der Waals surface area contributed by atoms with Crippen molar-refractivity contribution in [2.45, 2.75) is 32.4 Å². The maximum absolute atomic E-state index is 9.59. The number of nitrogens with zero attached hydrogens (tertiary/aromatic N) is 2. The topological polar surface area (TPSA) is 62.4 Å². The largest absolute Gasteiger partial charge is 0.393 e. The Labute approximate surface area is 113 Å². The van der Waals surface area contributed by atoms with Crippen LogP contribution in [0.1, 0.15) is 25.3 Å². The number of aromatic nitrogens is 1. The van der Waals surface area contributed by atoms with Gasteiger partial charge in [-0.15, -0.1) is 0 Å². The Bertz CT molecular complexity index is 403. The van der Waals surface area contributed by atoms with Gasteiger partial charge in [-0.25, -0.2) is 4.98 Å². The van der Waals surface area contributed by atoms with Gasteiger partial charge in [0.25, 0.3) is 0 Å². The molecule has 1 aromatic rings. The molecule has 1 saturated heterocycles. The lowest BCUT2D eigenvalue weighted by molar-refractivity contribution is 0.110. The molecule has 18 heavy (non-hydrogen) atoms. The van der Waals surface area contributed by atoms with E-state index in [1.165, 1.54) is 0 Å². The highest BCUT2D eigenvalue weighted by Crippen LogP contribution is 2.30. The summed E-state index contributed by atoms with van der Waals surface area (Å²) in [7, 11) is 0. The van der Waals surface area contributed by atoms with Crippen molar-refractivity contribution in [1.82, 2.24) is 4.98 Å². The van der Waals surface area contributed by atoms with E-state index in [-0.39, 0.29) is 6.10 Å². The zero-order chi connectivity index (χ0) is 13.1. The lowest BCUT2D eigenvalue weighted by atomic mass is 9.92. The molecule has 2 heterocycles. The predicted molar refractivity (Wildman–Crippen MR) is 73.8 cm³/mol. The van der Waals surface area contributed by atoms with Crippen LogP contribution in [0.4, 0.5) is 5.82 Å². The van der Waals surface area contributed by atoms with Crippen LogP contribution in [-0.4, -0.2) is 29.3 Å². The highest BCUT2D eigenvalue weighted by molar-refractivity contribution is 6.33. The van der Waals surface area contributed by atoms with Gasteiger partial charge in [-0.3, -0.25) is 0 Å². The van der Waals surface area contributed by atoms with Crippen LogP contribution in [-0.2, 0) is 6.54 Å². The minimum atomic E-state index is -0.231. The molecular weight excluding hydrogens is 250 g/mol. The van der Waals surface area contributed by atoms with Crippen LogP contribution < -0.4 is 10.6 Å². The lowest BCUT2D eigenvalue weighted by Crippen LogP contribution is -2.37. The van der Waals surface area contributed by atoms with Crippen molar-refractivity contribution < 1.29 is 5.11 Å². The summed E-state index contributed by atoms with van der Waals surface area (Å²) in [6, 6.07) is 1.86. The predicted octanol–water partition coefficient (Wildman–Crippen LogP) is 1.79. The molecule has 0 bridgehead atoms. The quantitative estimate of drug-likeness (QED) is 0.878. The number of halogens is 1. The number of rotatable bonds is 3. The zero-order valence-corrected chi connectivity index (χ0v) is 11.4. The van der Waals surface area contributed by atoms with Gasteiger partial charge in [-0.1, -0.05) is 11.6 Å². The average Bonchev–Trinajstić information content (AvgIpc) is 2.39. The Morgan fingerprint density at radius 3 is 2.78 bits per heavy atom. The summed E-state index contributed by atoms with van der Waals surface area (Å²) in [5.41, 5.74) is 6.58. The van der Waals surface area contributed by atoms with E-state index in [1.54, 1.807) is 6.20 Å². The number of nitrogens with two attached hydrogens (primary N) is 1. The number of hydrogen-bond acceptors (Lipinski definition) is 4. The normalized spacial score (nSPS) is 19.0. The first kappa shape index (κ1) is 13.6. The van der Waals surface area contributed by atoms with E-state index in [4.69, 9.17) is 17.3 Å². The highest BCUT2D eigenvalue weighted by atomic mass is 35.5. The van der Waals surface area contributed by atoms with Crippen molar-refractivity contribution in [3.8, 4) is 0 Å². The van der Waals surface area contributed by atoms with Gasteiger partial charge in [-0.05, 0) is 37.3 Å². The third-order valence-electron chi connectivity index (χ3n) is 3.69. The molecular formula is C13H20ClN3O. The van der Waals surface area contributed by atoms with Crippen LogP contribution in [0.15, 0.2) is 12.3 Å². The number of pyridine rings is 1. The number of hydrogen-bond donors (Lipinski definition) is 2. The molecule has 1 aromatic heterocycles. The standard InChI is InChI=1S/C13H20ClN3O/c1-9(18)10-3-6-17(7-4-10)13-12(14)11(8-15)2-5-16-13/h2,5,9-10,18H,3-4,6-8,15H2,1H3. The lowest BCUT2D eigenvalue weighted by Gasteiger charge is -2.34. The summed E-state index contributed by atoms with van der Waals surface area (Å²) >= 11 is 6.31. The molecule has 100 valence electrons. The first-order chi connectivity index (χ1) is 8.63. The molecule has 1 fully saturated rings. The third kappa shape index (κ3) is 2.76. The van der Waals surface area contributed by atoms with Gasteiger partial charge in [0.05, 0.1) is 11.1 Å². The second-order valence-electron chi connectivity index (χ2n) is 4.88. The van der Waals surface area contributed by atoms with Crippen molar-refractivity contribution in [3.05, 3.63) is 22.8 Å². The average molecular weight is 270 g/mol. The van der Waals surface area contributed by atoms with E-state index in [0.717, 1.165) is 37.3 Å². The van der Waals surface area contributed by atoms with Crippen molar-refractivity contribution in [2.24, 2.45) is 11.7 Å². The summed E-state index contributed by atoms with van der Waals surface area (Å²) < 4.78 is 0. The van der Waals surface area contributed by atoms with Gasteiger partial charge < -0.3 is 15.7 Å². The Hall–Kier alpha value is -0.840. The summed E-state index contributed by atoms with van der Waals surface area (Å²) in [5.74, 6) is 1.21. The van der Waals surface area contributed by atoms with Crippen LogP contribution in [0.2, 0.25) is 5.02 Å². The molecule has 2 rings (SSSR count). The van der Waals surface area contributed by atoms with Crippen molar-refractivity contribution in [1.29, 1.82) is 0 Å². The summed E-state index contributed by atoms with van der Waals surface area (Å²) in [4.78, 5) is 6.54. The number of aliphatic hydroxyl groups excluding tert-OH is 1. The fraction of sp³-hybridized carbons (Fsp3) is 0.615. The Kier molecular flexibility index (Phi) is 4.43. The minimum absolute atomic E-state index is 0.231. The fourth-order valence-corrected chi connectivity index (χ4v) is 2.75. The molecule has 0 aromatic carbocycles. The second kappa shape index (κ2) is 5.87. The highest BCUT2D eigenvalue weighted by Gasteiger charge is 2.24. The first-order valence-corrected chi connectivity index (χ1v) is 6.77. The molecule has 0 spiro atoms. The third-order valence-corrected chi connectivity index (χ3v) is 4.10. The fourth-order valence-electron chi connectivity index (χ4n) is 2.44. The Balaban J connectivity index is 2.10. The molecule has 0 radical (unpaired) electrons. The van der Waals surface area contributed by atoms with Gasteiger partial charge in [0.1, 0.15) is 5.82 Å². The van der Waals surface area contributed by atoms with Crippen molar-refractivity contribution >= 4 is 17.4 Å². The molecule has 5 heteroatoms. The minimum Gasteiger partial charge on any atom is -0.393 e. The first-order valence-electron chi connectivity index (χ1n) is 6.40. The molecule has 1 aliphatic rings. The van der Waals surface area contributed by atoms with Gasteiger partial charge in [0, 0.05) is 25.8 Å². The zero-order valence-electron chi connectivity index (χ0n) is 10.6. The molecule has 1 unspecified atom stereocenters. The van der Waals surface area contributed by atoms with Crippen LogP contribution >= 0.6 is 11.6 Å². The van der Waals surface area contributed by atoms with Crippen LogP contribution in [0, 0.1) is 5.92 Å². The van der Waals surface area contributed by atoms with E-state index in [0.29, 0.717) is 17.5 Å². The Morgan fingerprint density at radius 1 is 1.56 bits per heavy atom. The maximum Gasteiger partial charge on any atom is 0.147 e. The van der Waals surface area contributed by atoms with E-state index >= 15 is 0 Å².